The number of carboxylic acid groups (broad SMARTS) is 1. The van der Waals surface area contributed by atoms with Crippen molar-refractivity contribution < 1.29 is 33.6 Å². The van der Waals surface area contributed by atoms with E-state index in [0.29, 0.717) is 45.3 Å². The Morgan fingerprint density at radius 1 is 1.07 bits per heavy atom. The number of hydrogen-bond donors (Lipinski definition) is 1. The van der Waals surface area contributed by atoms with Gasteiger partial charge in [0.2, 0.25) is 0 Å². The topological polar surface area (TPSA) is 94.5 Å². The van der Waals surface area contributed by atoms with Crippen LogP contribution in [0.3, 0.4) is 0 Å². The Morgan fingerprint density at radius 3 is 2.34 bits per heavy atom. The van der Waals surface area contributed by atoms with Crippen molar-refractivity contribution in [2.45, 2.75) is 39.2 Å². The molecule has 0 aliphatic rings. The van der Waals surface area contributed by atoms with Gasteiger partial charge in [0.15, 0.2) is 6.10 Å². The van der Waals surface area contributed by atoms with Crippen LogP contribution in [0.15, 0.2) is 24.3 Å². The summed E-state index contributed by atoms with van der Waals surface area (Å²) in [5, 5.41) is 9.16. The summed E-state index contributed by atoms with van der Waals surface area (Å²) in [4.78, 5) is 24.6. The number of rotatable bonds is 15. The molecule has 1 aromatic rings. The molecule has 0 radical (unpaired) electrons. The number of carboxylic acids is 1. The van der Waals surface area contributed by atoms with Crippen molar-refractivity contribution in [3.05, 3.63) is 29.8 Å². The molecule has 0 bridgehead atoms. The lowest BCUT2D eigenvalue weighted by Gasteiger charge is -2.21. The number of carbonyl (C=O) groups is 2. The maximum atomic E-state index is 11.9. The molecular weight excluding hydrogens is 378 g/mol. The third kappa shape index (κ3) is 10.1. The van der Waals surface area contributed by atoms with Crippen molar-refractivity contribution in [3.8, 4) is 5.75 Å². The van der Waals surface area contributed by atoms with Crippen molar-refractivity contribution >= 4 is 12.1 Å². The van der Waals surface area contributed by atoms with E-state index in [0.717, 1.165) is 18.4 Å². The second kappa shape index (κ2) is 14.6. The largest absolute Gasteiger partial charge is 0.492 e. The van der Waals surface area contributed by atoms with Gasteiger partial charge < -0.3 is 29.0 Å². The van der Waals surface area contributed by atoms with Crippen molar-refractivity contribution in [2.24, 2.45) is 0 Å². The summed E-state index contributed by atoms with van der Waals surface area (Å²) in [6.45, 7) is 6.45. The van der Waals surface area contributed by atoms with Gasteiger partial charge in [-0.2, -0.15) is 0 Å². The summed E-state index contributed by atoms with van der Waals surface area (Å²) >= 11 is 0. The first kappa shape index (κ1) is 24.7. The highest BCUT2D eigenvalue weighted by Gasteiger charge is 2.18. The van der Waals surface area contributed by atoms with Crippen LogP contribution in [0.2, 0.25) is 0 Å². The van der Waals surface area contributed by atoms with E-state index in [-0.39, 0.29) is 6.42 Å². The molecule has 1 rings (SSSR count). The molecule has 0 aliphatic carbocycles. The Kier molecular flexibility index (Phi) is 12.5. The average Bonchev–Trinajstić information content (AvgIpc) is 2.72. The van der Waals surface area contributed by atoms with Gasteiger partial charge in [-0.1, -0.05) is 25.5 Å². The second-order valence-electron chi connectivity index (χ2n) is 6.40. The summed E-state index contributed by atoms with van der Waals surface area (Å²) in [5.41, 5.74) is 0.846. The minimum Gasteiger partial charge on any atom is -0.492 e. The van der Waals surface area contributed by atoms with Gasteiger partial charge in [-0.25, -0.2) is 9.59 Å². The first-order valence-electron chi connectivity index (χ1n) is 9.98. The molecule has 0 heterocycles. The summed E-state index contributed by atoms with van der Waals surface area (Å²) < 4.78 is 21.2. The lowest BCUT2D eigenvalue weighted by Crippen LogP contribution is -2.37. The zero-order valence-electron chi connectivity index (χ0n) is 17.6. The Labute approximate surface area is 172 Å². The quantitative estimate of drug-likeness (QED) is 0.443. The molecule has 0 spiro atoms. The van der Waals surface area contributed by atoms with E-state index < -0.39 is 18.2 Å². The Bertz CT molecular complexity index is 591. The van der Waals surface area contributed by atoms with Crippen LogP contribution < -0.4 is 4.74 Å². The molecule has 1 atom stereocenters. The normalized spacial score (nSPS) is 11.7. The summed E-state index contributed by atoms with van der Waals surface area (Å²) in [7, 11) is 1.35. The van der Waals surface area contributed by atoms with E-state index in [9.17, 15) is 9.59 Å². The zero-order valence-corrected chi connectivity index (χ0v) is 17.6. The molecule has 1 amide bonds. The van der Waals surface area contributed by atoms with Crippen molar-refractivity contribution in [1.29, 1.82) is 0 Å². The third-order valence-electron chi connectivity index (χ3n) is 4.20. The number of aliphatic carboxylic acids is 1. The fourth-order valence-electron chi connectivity index (χ4n) is 2.57. The molecule has 29 heavy (non-hydrogen) atoms. The fraction of sp³-hybridized carbons (Fsp3) is 0.619. The molecule has 0 saturated carbocycles. The summed E-state index contributed by atoms with van der Waals surface area (Å²) in [6.07, 6.45) is 1.07. The highest BCUT2D eigenvalue weighted by atomic mass is 16.5. The van der Waals surface area contributed by atoms with Gasteiger partial charge in [-0.15, -0.1) is 0 Å². The summed E-state index contributed by atoms with van der Waals surface area (Å²) in [5.74, 6) is -0.338. The van der Waals surface area contributed by atoms with Crippen molar-refractivity contribution in [2.75, 3.05) is 46.6 Å². The first-order valence-corrected chi connectivity index (χ1v) is 9.98. The first-order chi connectivity index (χ1) is 14.0. The highest BCUT2D eigenvalue weighted by Crippen LogP contribution is 2.14. The van der Waals surface area contributed by atoms with Crippen LogP contribution in [0.5, 0.6) is 5.75 Å². The van der Waals surface area contributed by atoms with Crippen molar-refractivity contribution in [1.82, 2.24) is 4.90 Å². The molecule has 164 valence electrons. The van der Waals surface area contributed by atoms with E-state index in [4.69, 9.17) is 24.1 Å². The van der Waals surface area contributed by atoms with E-state index in [1.54, 1.807) is 24.0 Å². The maximum Gasteiger partial charge on any atom is 0.409 e. The lowest BCUT2D eigenvalue weighted by molar-refractivity contribution is -0.149. The van der Waals surface area contributed by atoms with Crippen LogP contribution in [0.1, 0.15) is 32.3 Å². The second-order valence-corrected chi connectivity index (χ2v) is 6.40. The maximum absolute atomic E-state index is 11.9. The SMILES string of the molecule is CCCCOCCN(CCOc1ccc(CC(OCC)C(=O)O)cc1)C(=O)OC. The molecule has 0 aromatic heterocycles. The Morgan fingerprint density at radius 2 is 1.76 bits per heavy atom. The monoisotopic (exact) mass is 411 g/mol. The fourth-order valence-corrected chi connectivity index (χ4v) is 2.57. The van der Waals surface area contributed by atoms with Crippen molar-refractivity contribution in [3.63, 3.8) is 0 Å². The van der Waals surface area contributed by atoms with Gasteiger partial charge >= 0.3 is 12.1 Å². The number of methoxy groups -OCH3 is 1. The minimum atomic E-state index is -0.978. The third-order valence-corrected chi connectivity index (χ3v) is 4.20. The molecule has 0 saturated heterocycles. The molecule has 1 N–H and O–H groups in total. The van der Waals surface area contributed by atoms with E-state index >= 15 is 0 Å². The Balaban J connectivity index is 2.45. The number of nitrogens with zero attached hydrogens (tertiary/aromatic N) is 1. The predicted molar refractivity (Wildman–Crippen MR) is 108 cm³/mol. The number of carbonyl (C=O) groups excluding carboxylic acids is 1. The van der Waals surface area contributed by atoms with Gasteiger partial charge in [-0.05, 0) is 31.0 Å². The minimum absolute atomic E-state index is 0.289. The lowest BCUT2D eigenvalue weighted by atomic mass is 10.1. The van der Waals surface area contributed by atoms with Crippen LogP contribution in [0, 0.1) is 0 Å². The molecule has 0 fully saturated rings. The van der Waals surface area contributed by atoms with Gasteiger partial charge in [0.05, 0.1) is 20.3 Å². The number of ether oxygens (including phenoxy) is 4. The smallest absolute Gasteiger partial charge is 0.409 e. The molecule has 0 aliphatic heterocycles. The van der Waals surface area contributed by atoms with Crippen LogP contribution in [-0.4, -0.2) is 74.8 Å². The molecule has 8 nitrogen and oxygen atoms in total. The average molecular weight is 411 g/mol. The standard InChI is InChI=1S/C21H33NO7/c1-4-6-13-27-14-11-22(21(25)26-3)12-15-29-18-9-7-17(8-10-18)16-19(20(23)24)28-5-2/h7-10,19H,4-6,11-16H2,1-3H3,(H,23,24). The van der Waals surface area contributed by atoms with Crippen LogP contribution >= 0.6 is 0 Å². The summed E-state index contributed by atoms with van der Waals surface area (Å²) in [6, 6.07) is 7.17. The van der Waals surface area contributed by atoms with Gasteiger partial charge in [0, 0.05) is 26.2 Å². The zero-order chi connectivity index (χ0) is 21.5. The predicted octanol–water partition coefficient (Wildman–Crippen LogP) is 2.98. The van der Waals surface area contributed by atoms with Crippen LogP contribution in [0.25, 0.3) is 0 Å². The number of unbranched alkanes of at least 4 members (excludes halogenated alkanes) is 1. The number of amides is 1. The van der Waals surface area contributed by atoms with Crippen LogP contribution in [-0.2, 0) is 25.4 Å². The Hall–Kier alpha value is -2.32. The molecule has 1 unspecified atom stereocenters. The number of benzene rings is 1. The molecular formula is C21H33NO7. The number of hydrogen-bond acceptors (Lipinski definition) is 6. The highest BCUT2D eigenvalue weighted by molar-refractivity contribution is 5.72. The van der Waals surface area contributed by atoms with Gasteiger partial charge in [0.1, 0.15) is 12.4 Å². The van der Waals surface area contributed by atoms with E-state index in [1.807, 2.05) is 12.1 Å². The van der Waals surface area contributed by atoms with Gasteiger partial charge in [0.25, 0.3) is 0 Å². The molecule has 8 heteroatoms. The van der Waals surface area contributed by atoms with Gasteiger partial charge in [-0.3, -0.25) is 0 Å². The molecule has 1 aromatic carbocycles. The van der Waals surface area contributed by atoms with E-state index in [1.165, 1.54) is 7.11 Å². The van der Waals surface area contributed by atoms with Crippen LogP contribution in [0.4, 0.5) is 4.79 Å². The van der Waals surface area contributed by atoms with E-state index in [2.05, 4.69) is 6.92 Å².